The number of hydrogen-bond acceptors (Lipinski definition) is 3. The van der Waals surface area contributed by atoms with Gasteiger partial charge in [-0.2, -0.15) is 0 Å². The third-order valence-electron chi connectivity index (χ3n) is 5.04. The molecule has 1 N–H and O–H groups in total. The van der Waals surface area contributed by atoms with Crippen LogP contribution >= 0.6 is 0 Å². The molecular weight excluding hydrogens is 258 g/mol. The molecule has 0 bridgehead atoms. The highest BCUT2D eigenvalue weighted by molar-refractivity contribution is 5.91. The number of benzene rings is 1. The van der Waals surface area contributed by atoms with Gasteiger partial charge in [0.25, 0.3) is 0 Å². The van der Waals surface area contributed by atoms with Gasteiger partial charge in [-0.3, -0.25) is 9.88 Å². The van der Waals surface area contributed by atoms with Crippen molar-refractivity contribution in [1.82, 2.24) is 9.88 Å². The number of aromatic nitrogens is 1. The minimum Gasteiger partial charge on any atom is -0.380 e. The van der Waals surface area contributed by atoms with E-state index >= 15 is 0 Å². The lowest BCUT2D eigenvalue weighted by Gasteiger charge is -2.33. The summed E-state index contributed by atoms with van der Waals surface area (Å²) in [5, 5.41) is 5.09. The molecule has 2 saturated heterocycles. The van der Waals surface area contributed by atoms with Gasteiger partial charge in [-0.05, 0) is 44.9 Å². The van der Waals surface area contributed by atoms with Crippen molar-refractivity contribution in [1.29, 1.82) is 0 Å². The monoisotopic (exact) mass is 281 g/mol. The summed E-state index contributed by atoms with van der Waals surface area (Å²) in [5.74, 6) is 0. The number of hydrogen-bond donors (Lipinski definition) is 1. The summed E-state index contributed by atoms with van der Waals surface area (Å²) < 4.78 is 0. The largest absolute Gasteiger partial charge is 0.380 e. The van der Waals surface area contributed by atoms with Crippen LogP contribution in [0.1, 0.15) is 31.4 Å². The van der Waals surface area contributed by atoms with Gasteiger partial charge in [0.05, 0.1) is 5.52 Å². The van der Waals surface area contributed by atoms with Crippen LogP contribution in [0.15, 0.2) is 30.3 Å². The Morgan fingerprint density at radius 1 is 1.14 bits per heavy atom. The molecule has 2 unspecified atom stereocenters. The number of aryl methyl sites for hydroxylation is 1. The summed E-state index contributed by atoms with van der Waals surface area (Å²) in [5.41, 5.74) is 3.45. The molecule has 4 rings (SSSR count). The molecule has 0 spiro atoms. The van der Waals surface area contributed by atoms with E-state index in [1.54, 1.807) is 0 Å². The number of nitrogens with zero attached hydrogens (tertiary/aromatic N) is 2. The lowest BCUT2D eigenvalue weighted by molar-refractivity contribution is 0.193. The van der Waals surface area contributed by atoms with Crippen LogP contribution in [0.5, 0.6) is 0 Å². The topological polar surface area (TPSA) is 28.2 Å². The van der Waals surface area contributed by atoms with Crippen LogP contribution in [-0.4, -0.2) is 35.1 Å². The lowest BCUT2D eigenvalue weighted by atomic mass is 9.98. The number of anilines is 1. The van der Waals surface area contributed by atoms with Gasteiger partial charge in [-0.1, -0.05) is 24.6 Å². The molecule has 3 heteroatoms. The Kier molecular flexibility index (Phi) is 3.30. The van der Waals surface area contributed by atoms with E-state index in [0.29, 0.717) is 6.04 Å². The molecule has 1 aromatic heterocycles. The Morgan fingerprint density at radius 2 is 2.05 bits per heavy atom. The molecule has 0 aliphatic carbocycles. The van der Waals surface area contributed by atoms with E-state index in [2.05, 4.69) is 52.5 Å². The highest BCUT2D eigenvalue weighted by Gasteiger charge is 2.35. The van der Waals surface area contributed by atoms with E-state index in [-0.39, 0.29) is 0 Å². The highest BCUT2D eigenvalue weighted by atomic mass is 15.2. The van der Waals surface area contributed by atoms with Gasteiger partial charge in [0.15, 0.2) is 0 Å². The first kappa shape index (κ1) is 13.1. The summed E-state index contributed by atoms with van der Waals surface area (Å²) in [6.07, 6.45) is 5.37. The molecule has 1 aromatic carbocycles. The summed E-state index contributed by atoms with van der Waals surface area (Å²) >= 11 is 0. The van der Waals surface area contributed by atoms with Crippen molar-refractivity contribution in [2.75, 3.05) is 18.4 Å². The molecule has 110 valence electrons. The van der Waals surface area contributed by atoms with Crippen molar-refractivity contribution in [2.24, 2.45) is 0 Å². The van der Waals surface area contributed by atoms with Gasteiger partial charge in [0.1, 0.15) is 0 Å². The van der Waals surface area contributed by atoms with Crippen LogP contribution < -0.4 is 5.32 Å². The van der Waals surface area contributed by atoms with Crippen molar-refractivity contribution >= 4 is 16.6 Å². The maximum Gasteiger partial charge on any atom is 0.0725 e. The number of nitrogens with one attached hydrogen (secondary N) is 1. The second-order valence-electron chi connectivity index (χ2n) is 6.47. The van der Waals surface area contributed by atoms with Crippen LogP contribution in [0.4, 0.5) is 5.69 Å². The average Bonchev–Trinajstić information content (AvgIpc) is 2.90. The molecular formula is C18H23N3. The van der Waals surface area contributed by atoms with E-state index in [4.69, 9.17) is 0 Å². The molecule has 0 saturated carbocycles. The second-order valence-corrected chi connectivity index (χ2v) is 6.47. The zero-order valence-electron chi connectivity index (χ0n) is 12.7. The van der Waals surface area contributed by atoms with Gasteiger partial charge < -0.3 is 5.32 Å². The zero-order valence-corrected chi connectivity index (χ0v) is 12.7. The van der Waals surface area contributed by atoms with E-state index in [1.807, 2.05) is 0 Å². The predicted octanol–water partition coefficient (Wildman–Crippen LogP) is 3.58. The molecule has 0 radical (unpaired) electrons. The Labute approximate surface area is 126 Å². The number of pyridine rings is 1. The van der Waals surface area contributed by atoms with Gasteiger partial charge in [0.2, 0.25) is 0 Å². The standard InChI is InChI=1S/C18H23N3/c1-13-12-17(14-6-2-3-7-15(14)19-13)20-16-9-11-21-10-5-4-8-18(16)21/h2-3,6-7,12,16,18H,4-5,8-11H2,1H3,(H,19,20). The van der Waals surface area contributed by atoms with Crippen molar-refractivity contribution in [3.05, 3.63) is 36.0 Å². The molecule has 2 atom stereocenters. The minimum atomic E-state index is 0.593. The van der Waals surface area contributed by atoms with Crippen molar-refractivity contribution in [2.45, 2.75) is 44.7 Å². The first-order valence-corrected chi connectivity index (χ1v) is 8.18. The Bertz CT molecular complexity index is 652. The summed E-state index contributed by atoms with van der Waals surface area (Å²) in [4.78, 5) is 7.32. The maximum atomic E-state index is 4.64. The van der Waals surface area contributed by atoms with E-state index in [1.165, 1.54) is 49.8 Å². The molecule has 2 fully saturated rings. The fraction of sp³-hybridized carbons (Fsp3) is 0.500. The summed E-state index contributed by atoms with van der Waals surface area (Å²) in [6.45, 7) is 4.63. The van der Waals surface area contributed by atoms with E-state index in [9.17, 15) is 0 Å². The van der Waals surface area contributed by atoms with Crippen LogP contribution in [0, 0.1) is 6.92 Å². The van der Waals surface area contributed by atoms with Crippen molar-refractivity contribution < 1.29 is 0 Å². The Morgan fingerprint density at radius 3 is 3.00 bits per heavy atom. The minimum absolute atomic E-state index is 0.593. The molecule has 21 heavy (non-hydrogen) atoms. The molecule has 2 aliphatic heterocycles. The highest BCUT2D eigenvalue weighted by Crippen LogP contribution is 2.31. The third-order valence-corrected chi connectivity index (χ3v) is 5.04. The second kappa shape index (κ2) is 5.30. The fourth-order valence-electron chi connectivity index (χ4n) is 4.04. The van der Waals surface area contributed by atoms with Crippen LogP contribution in [0.2, 0.25) is 0 Å². The lowest BCUT2D eigenvalue weighted by Crippen LogP contribution is -2.41. The molecule has 3 heterocycles. The average molecular weight is 281 g/mol. The van der Waals surface area contributed by atoms with E-state index in [0.717, 1.165) is 17.3 Å². The van der Waals surface area contributed by atoms with E-state index < -0.39 is 0 Å². The normalized spacial score (nSPS) is 26.0. The smallest absolute Gasteiger partial charge is 0.0725 e. The van der Waals surface area contributed by atoms with Gasteiger partial charge >= 0.3 is 0 Å². The molecule has 0 amide bonds. The van der Waals surface area contributed by atoms with Gasteiger partial charge in [-0.15, -0.1) is 0 Å². The van der Waals surface area contributed by atoms with Gasteiger partial charge in [-0.25, -0.2) is 0 Å². The van der Waals surface area contributed by atoms with Crippen LogP contribution in [0.3, 0.4) is 0 Å². The van der Waals surface area contributed by atoms with Crippen molar-refractivity contribution in [3.63, 3.8) is 0 Å². The number of fused-ring (bicyclic) bond motifs is 2. The quantitative estimate of drug-likeness (QED) is 0.912. The molecule has 2 aliphatic rings. The van der Waals surface area contributed by atoms with Crippen LogP contribution in [0.25, 0.3) is 10.9 Å². The maximum absolute atomic E-state index is 4.64. The van der Waals surface area contributed by atoms with Crippen molar-refractivity contribution in [3.8, 4) is 0 Å². The predicted molar refractivity (Wildman–Crippen MR) is 87.7 cm³/mol. The number of para-hydroxylation sites is 1. The summed E-state index contributed by atoms with van der Waals surface area (Å²) in [6, 6.07) is 12.0. The number of piperidine rings is 1. The first-order valence-electron chi connectivity index (χ1n) is 8.18. The fourth-order valence-corrected chi connectivity index (χ4v) is 4.04. The third kappa shape index (κ3) is 2.40. The Hall–Kier alpha value is -1.61. The summed E-state index contributed by atoms with van der Waals surface area (Å²) in [7, 11) is 0. The molecule has 3 nitrogen and oxygen atoms in total. The number of rotatable bonds is 2. The van der Waals surface area contributed by atoms with Crippen LogP contribution in [-0.2, 0) is 0 Å². The molecule has 2 aromatic rings. The Balaban J connectivity index is 1.65. The zero-order chi connectivity index (χ0) is 14.2. The SMILES string of the molecule is Cc1cc(NC2CCN3CCCCC23)c2ccccc2n1. The van der Waals surface area contributed by atoms with Gasteiger partial charge in [0, 0.05) is 35.4 Å². The first-order chi connectivity index (χ1) is 10.3.